The molecule has 0 spiro atoms. The van der Waals surface area contributed by atoms with Crippen molar-refractivity contribution >= 4 is 44.7 Å². The maximum Gasteiger partial charge on any atom is 0.143 e. The molecule has 1 heteroatoms. The molecule has 0 aliphatic rings. The van der Waals surface area contributed by atoms with E-state index < -0.39 is 0 Å². The summed E-state index contributed by atoms with van der Waals surface area (Å²) in [6.07, 6.45) is 3.97. The van der Waals surface area contributed by atoms with Gasteiger partial charge in [-0.25, -0.2) is 0 Å². The van der Waals surface area contributed by atoms with Crippen molar-refractivity contribution < 1.29 is 4.42 Å². The topological polar surface area (TPSA) is 13.1 Å². The standard InChI is InChI=1S/C44H30O/c1-3-33-34(4-2)43(36-25-15-14-24-35(36)41(33)29-17-8-5-9-18-29)37-26-16-23-32-27-40-39(28-38(32)37)42(30-19-10-6-11-20-30)44(45-40)31-21-12-7-13-22-31/h3-28H,1-2H2. The van der Waals surface area contributed by atoms with Gasteiger partial charge in [0.15, 0.2) is 0 Å². The second-order valence-electron chi connectivity index (χ2n) is 11.3. The highest BCUT2D eigenvalue weighted by Gasteiger charge is 2.22. The van der Waals surface area contributed by atoms with E-state index in [1.165, 1.54) is 21.7 Å². The lowest BCUT2D eigenvalue weighted by Gasteiger charge is -2.21. The predicted octanol–water partition coefficient (Wildman–Crippen LogP) is 12.7. The van der Waals surface area contributed by atoms with Crippen molar-refractivity contribution in [2.75, 3.05) is 0 Å². The van der Waals surface area contributed by atoms with Gasteiger partial charge in [-0.3, -0.25) is 0 Å². The molecule has 0 saturated heterocycles. The SMILES string of the molecule is C=Cc1c(C=C)c(-c2cccc3cc4oc(-c5ccccc5)c(-c5ccccc5)c4cc23)c2ccccc2c1-c1ccccc1. The first kappa shape index (κ1) is 26.7. The summed E-state index contributed by atoms with van der Waals surface area (Å²) < 4.78 is 6.68. The Balaban J connectivity index is 1.49. The minimum Gasteiger partial charge on any atom is -0.455 e. The lowest BCUT2D eigenvalue weighted by Crippen LogP contribution is -1.96. The minimum absolute atomic E-state index is 0.873. The number of fused-ring (bicyclic) bond motifs is 3. The highest BCUT2D eigenvalue weighted by molar-refractivity contribution is 6.17. The quantitative estimate of drug-likeness (QED) is 0.192. The summed E-state index contributed by atoms with van der Waals surface area (Å²) in [7, 11) is 0. The van der Waals surface area contributed by atoms with E-state index in [1.54, 1.807) is 0 Å². The zero-order valence-electron chi connectivity index (χ0n) is 24.8. The van der Waals surface area contributed by atoms with Gasteiger partial charge in [0.25, 0.3) is 0 Å². The van der Waals surface area contributed by atoms with Crippen LogP contribution >= 0.6 is 0 Å². The zero-order chi connectivity index (χ0) is 30.3. The van der Waals surface area contributed by atoms with E-state index in [4.69, 9.17) is 4.42 Å². The average molecular weight is 575 g/mol. The Morgan fingerprint density at radius 1 is 0.422 bits per heavy atom. The van der Waals surface area contributed by atoms with Crippen molar-refractivity contribution in [3.63, 3.8) is 0 Å². The summed E-state index contributed by atoms with van der Waals surface area (Å²) >= 11 is 0. The molecule has 0 fully saturated rings. The Kier molecular flexibility index (Phi) is 6.51. The van der Waals surface area contributed by atoms with Gasteiger partial charge in [0.2, 0.25) is 0 Å². The van der Waals surface area contributed by atoms with Gasteiger partial charge >= 0.3 is 0 Å². The molecule has 212 valence electrons. The van der Waals surface area contributed by atoms with Crippen LogP contribution in [0.3, 0.4) is 0 Å². The van der Waals surface area contributed by atoms with E-state index in [2.05, 4.69) is 153 Å². The number of furan rings is 1. The molecule has 0 saturated carbocycles. The Labute approximate surface area is 263 Å². The molecule has 45 heavy (non-hydrogen) atoms. The molecule has 0 bridgehead atoms. The van der Waals surface area contributed by atoms with Crippen LogP contribution in [-0.4, -0.2) is 0 Å². The van der Waals surface area contributed by atoms with E-state index in [-0.39, 0.29) is 0 Å². The Morgan fingerprint density at radius 2 is 0.956 bits per heavy atom. The van der Waals surface area contributed by atoms with Gasteiger partial charge in [-0.05, 0) is 72.6 Å². The van der Waals surface area contributed by atoms with E-state index in [0.717, 1.165) is 66.6 Å². The fourth-order valence-corrected chi connectivity index (χ4v) is 6.88. The van der Waals surface area contributed by atoms with E-state index in [0.29, 0.717) is 0 Å². The van der Waals surface area contributed by atoms with Gasteiger partial charge in [-0.15, -0.1) is 0 Å². The van der Waals surface area contributed by atoms with Crippen molar-refractivity contribution in [2.24, 2.45) is 0 Å². The van der Waals surface area contributed by atoms with Gasteiger partial charge in [0.1, 0.15) is 11.3 Å². The molecule has 7 aromatic carbocycles. The fourth-order valence-electron chi connectivity index (χ4n) is 6.88. The lowest BCUT2D eigenvalue weighted by molar-refractivity contribution is 0.633. The van der Waals surface area contributed by atoms with Gasteiger partial charge in [-0.1, -0.05) is 159 Å². The zero-order valence-corrected chi connectivity index (χ0v) is 24.8. The third-order valence-electron chi connectivity index (χ3n) is 8.82. The summed E-state index contributed by atoms with van der Waals surface area (Å²) in [5.41, 5.74) is 11.0. The van der Waals surface area contributed by atoms with Crippen LogP contribution in [0.15, 0.2) is 163 Å². The molecule has 0 amide bonds. The fraction of sp³-hybridized carbons (Fsp3) is 0. The van der Waals surface area contributed by atoms with Crippen molar-refractivity contribution in [3.8, 4) is 44.7 Å². The summed E-state index contributed by atoms with van der Waals surface area (Å²) in [6.45, 7) is 8.61. The minimum atomic E-state index is 0.873. The van der Waals surface area contributed by atoms with E-state index in [1.807, 2.05) is 18.2 Å². The monoisotopic (exact) mass is 574 g/mol. The van der Waals surface area contributed by atoms with Crippen molar-refractivity contribution in [1.29, 1.82) is 0 Å². The number of rotatable bonds is 6. The smallest absolute Gasteiger partial charge is 0.143 e. The third-order valence-corrected chi connectivity index (χ3v) is 8.82. The molecule has 0 radical (unpaired) electrons. The first-order valence-electron chi connectivity index (χ1n) is 15.3. The van der Waals surface area contributed by atoms with Crippen molar-refractivity contribution in [2.45, 2.75) is 0 Å². The maximum absolute atomic E-state index is 6.68. The normalized spacial score (nSPS) is 11.3. The number of benzene rings is 7. The Bertz CT molecular complexity index is 2380. The van der Waals surface area contributed by atoms with Crippen LogP contribution in [0.1, 0.15) is 11.1 Å². The molecule has 0 atom stereocenters. The summed E-state index contributed by atoms with van der Waals surface area (Å²) in [5.74, 6) is 0.882. The van der Waals surface area contributed by atoms with E-state index >= 15 is 0 Å². The molecule has 1 heterocycles. The largest absolute Gasteiger partial charge is 0.455 e. The lowest BCUT2D eigenvalue weighted by atomic mass is 9.82. The Hall–Kier alpha value is -5.92. The summed E-state index contributed by atoms with van der Waals surface area (Å²) in [6, 6.07) is 51.3. The second-order valence-corrected chi connectivity index (χ2v) is 11.3. The van der Waals surface area contributed by atoms with Crippen LogP contribution < -0.4 is 0 Å². The molecule has 8 aromatic rings. The third kappa shape index (κ3) is 4.32. The highest BCUT2D eigenvalue weighted by atomic mass is 16.3. The van der Waals surface area contributed by atoms with Gasteiger partial charge in [0.05, 0.1) is 0 Å². The number of hydrogen-bond donors (Lipinski definition) is 0. The van der Waals surface area contributed by atoms with Crippen LogP contribution in [-0.2, 0) is 0 Å². The first-order chi connectivity index (χ1) is 22.3. The summed E-state index contributed by atoms with van der Waals surface area (Å²) in [5, 5.41) is 5.76. The average Bonchev–Trinajstić information content (AvgIpc) is 3.49. The molecule has 0 aliphatic heterocycles. The molecular weight excluding hydrogens is 544 g/mol. The first-order valence-corrected chi connectivity index (χ1v) is 15.3. The molecule has 1 nitrogen and oxygen atoms in total. The highest BCUT2D eigenvalue weighted by Crippen LogP contribution is 2.47. The van der Waals surface area contributed by atoms with Crippen LogP contribution in [0.4, 0.5) is 0 Å². The summed E-state index contributed by atoms with van der Waals surface area (Å²) in [4.78, 5) is 0. The predicted molar refractivity (Wildman–Crippen MR) is 193 cm³/mol. The molecule has 1 aromatic heterocycles. The van der Waals surface area contributed by atoms with Crippen LogP contribution in [0.5, 0.6) is 0 Å². The van der Waals surface area contributed by atoms with Crippen LogP contribution in [0, 0.1) is 0 Å². The second kappa shape index (κ2) is 11.0. The van der Waals surface area contributed by atoms with E-state index in [9.17, 15) is 0 Å². The van der Waals surface area contributed by atoms with Crippen molar-refractivity contribution in [1.82, 2.24) is 0 Å². The maximum atomic E-state index is 6.68. The Morgan fingerprint density at radius 3 is 1.58 bits per heavy atom. The van der Waals surface area contributed by atoms with Crippen LogP contribution in [0.25, 0.3) is 89.4 Å². The van der Waals surface area contributed by atoms with Gasteiger partial charge in [-0.2, -0.15) is 0 Å². The van der Waals surface area contributed by atoms with Crippen molar-refractivity contribution in [3.05, 3.63) is 170 Å². The van der Waals surface area contributed by atoms with Gasteiger partial charge in [0, 0.05) is 16.5 Å². The van der Waals surface area contributed by atoms with Gasteiger partial charge < -0.3 is 4.42 Å². The molecular formula is C44H30O. The van der Waals surface area contributed by atoms with Crippen LogP contribution in [0.2, 0.25) is 0 Å². The molecule has 0 unspecified atom stereocenters. The molecule has 8 rings (SSSR count). The molecule has 0 aliphatic carbocycles. The number of hydrogen-bond acceptors (Lipinski definition) is 1. The molecule has 0 N–H and O–H groups in total.